The molecular formula is C9H9NOS. The number of pyridine rings is 1. The molecule has 0 aliphatic carbocycles. The number of aldehydes is 1. The number of carbonyl (C=O) groups is 1. The minimum Gasteiger partial charge on any atom is -0.298 e. The Labute approximate surface area is 76.7 Å². The van der Waals surface area contributed by atoms with Gasteiger partial charge in [0.15, 0.2) is 6.29 Å². The van der Waals surface area contributed by atoms with E-state index in [1.165, 1.54) is 0 Å². The quantitative estimate of drug-likeness (QED) is 0.566. The standard InChI is InChI=1S/C9H9NOS/c11-7-8-3-1-5-10-9(8)4-2-6-12/h1-5,7,12H,6H2. The van der Waals surface area contributed by atoms with Crippen molar-refractivity contribution < 1.29 is 4.79 Å². The summed E-state index contributed by atoms with van der Waals surface area (Å²) in [5.41, 5.74) is 1.30. The van der Waals surface area contributed by atoms with Gasteiger partial charge in [0, 0.05) is 17.5 Å². The van der Waals surface area contributed by atoms with Crippen LogP contribution in [0.5, 0.6) is 0 Å². The molecule has 0 saturated carbocycles. The van der Waals surface area contributed by atoms with Gasteiger partial charge in [-0.05, 0) is 18.2 Å². The molecule has 3 heteroatoms. The lowest BCUT2D eigenvalue weighted by Crippen LogP contribution is -1.88. The summed E-state index contributed by atoms with van der Waals surface area (Å²) < 4.78 is 0. The van der Waals surface area contributed by atoms with Crippen LogP contribution in [0.1, 0.15) is 16.1 Å². The third kappa shape index (κ3) is 2.20. The molecule has 0 aliphatic heterocycles. The van der Waals surface area contributed by atoms with Gasteiger partial charge in [-0.15, -0.1) is 0 Å². The minimum atomic E-state index is 0.607. The monoisotopic (exact) mass is 179 g/mol. The van der Waals surface area contributed by atoms with Crippen LogP contribution in [0.3, 0.4) is 0 Å². The lowest BCUT2D eigenvalue weighted by Gasteiger charge is -1.94. The van der Waals surface area contributed by atoms with Crippen molar-refractivity contribution in [1.29, 1.82) is 0 Å². The van der Waals surface area contributed by atoms with Gasteiger partial charge >= 0.3 is 0 Å². The van der Waals surface area contributed by atoms with Gasteiger partial charge in [-0.2, -0.15) is 12.6 Å². The lowest BCUT2D eigenvalue weighted by atomic mass is 10.2. The highest BCUT2D eigenvalue weighted by Crippen LogP contribution is 2.04. The Morgan fingerprint density at radius 3 is 3.08 bits per heavy atom. The zero-order valence-electron chi connectivity index (χ0n) is 6.47. The summed E-state index contributed by atoms with van der Waals surface area (Å²) in [6, 6.07) is 3.47. The molecule has 0 spiro atoms. The Bertz CT molecular complexity index is 296. The fraction of sp³-hybridized carbons (Fsp3) is 0.111. The maximum atomic E-state index is 10.5. The van der Waals surface area contributed by atoms with Gasteiger partial charge in [-0.1, -0.05) is 6.08 Å². The van der Waals surface area contributed by atoms with Crippen LogP contribution in [0.4, 0.5) is 0 Å². The second-order valence-corrected chi connectivity index (χ2v) is 2.55. The molecule has 0 radical (unpaired) electrons. The Kier molecular flexibility index (Phi) is 3.54. The predicted octanol–water partition coefficient (Wildman–Crippen LogP) is 1.84. The summed E-state index contributed by atoms with van der Waals surface area (Å²) in [6.45, 7) is 0. The van der Waals surface area contributed by atoms with Crippen LogP contribution in [0.15, 0.2) is 24.4 Å². The van der Waals surface area contributed by atoms with Crippen molar-refractivity contribution >= 4 is 25.0 Å². The smallest absolute Gasteiger partial charge is 0.152 e. The van der Waals surface area contributed by atoms with Gasteiger partial charge in [0.05, 0.1) is 5.69 Å². The number of carbonyl (C=O) groups excluding carboxylic acids is 1. The predicted molar refractivity (Wildman–Crippen MR) is 52.5 cm³/mol. The molecule has 0 atom stereocenters. The van der Waals surface area contributed by atoms with Crippen molar-refractivity contribution in [1.82, 2.24) is 4.98 Å². The van der Waals surface area contributed by atoms with E-state index in [2.05, 4.69) is 17.6 Å². The molecule has 0 N–H and O–H groups in total. The van der Waals surface area contributed by atoms with Crippen molar-refractivity contribution in [3.63, 3.8) is 0 Å². The van der Waals surface area contributed by atoms with Gasteiger partial charge in [-0.25, -0.2) is 0 Å². The van der Waals surface area contributed by atoms with Crippen molar-refractivity contribution in [2.24, 2.45) is 0 Å². The molecular weight excluding hydrogens is 170 g/mol. The molecule has 0 saturated heterocycles. The first-order valence-electron chi connectivity index (χ1n) is 3.56. The molecule has 62 valence electrons. The number of hydrogen-bond donors (Lipinski definition) is 1. The van der Waals surface area contributed by atoms with E-state index in [-0.39, 0.29) is 0 Å². The van der Waals surface area contributed by atoms with Gasteiger partial charge in [0.2, 0.25) is 0 Å². The van der Waals surface area contributed by atoms with Crippen LogP contribution in [-0.2, 0) is 0 Å². The fourth-order valence-electron chi connectivity index (χ4n) is 0.833. The van der Waals surface area contributed by atoms with Crippen molar-refractivity contribution in [2.45, 2.75) is 0 Å². The van der Waals surface area contributed by atoms with Crippen LogP contribution in [0.25, 0.3) is 6.08 Å². The van der Waals surface area contributed by atoms with Gasteiger partial charge in [0.25, 0.3) is 0 Å². The molecule has 2 nitrogen and oxygen atoms in total. The van der Waals surface area contributed by atoms with E-state index in [9.17, 15) is 4.79 Å². The van der Waals surface area contributed by atoms with Crippen LogP contribution in [0, 0.1) is 0 Å². The van der Waals surface area contributed by atoms with E-state index in [1.54, 1.807) is 24.4 Å². The van der Waals surface area contributed by atoms with Gasteiger partial charge in [-0.3, -0.25) is 9.78 Å². The van der Waals surface area contributed by atoms with Crippen LogP contribution in [-0.4, -0.2) is 17.0 Å². The van der Waals surface area contributed by atoms with Crippen LogP contribution < -0.4 is 0 Å². The molecule has 1 aromatic rings. The lowest BCUT2D eigenvalue weighted by molar-refractivity contribution is 0.112. The van der Waals surface area contributed by atoms with E-state index >= 15 is 0 Å². The van der Waals surface area contributed by atoms with Gasteiger partial charge in [0.1, 0.15) is 0 Å². The highest BCUT2D eigenvalue weighted by molar-refractivity contribution is 7.80. The van der Waals surface area contributed by atoms with Gasteiger partial charge < -0.3 is 0 Å². The summed E-state index contributed by atoms with van der Waals surface area (Å²) in [5.74, 6) is 0.648. The van der Waals surface area contributed by atoms with Crippen LogP contribution >= 0.6 is 12.6 Å². The number of thiol groups is 1. The average Bonchev–Trinajstić information content (AvgIpc) is 2.15. The zero-order valence-corrected chi connectivity index (χ0v) is 7.37. The van der Waals surface area contributed by atoms with Crippen molar-refractivity contribution in [3.05, 3.63) is 35.7 Å². The summed E-state index contributed by atoms with van der Waals surface area (Å²) >= 11 is 4.01. The summed E-state index contributed by atoms with van der Waals surface area (Å²) in [6.07, 6.45) is 6.09. The summed E-state index contributed by atoms with van der Waals surface area (Å²) in [4.78, 5) is 14.5. The topological polar surface area (TPSA) is 30.0 Å². The highest BCUT2D eigenvalue weighted by Gasteiger charge is 1.95. The van der Waals surface area contributed by atoms with E-state index in [4.69, 9.17) is 0 Å². The molecule has 1 heterocycles. The first kappa shape index (κ1) is 9.00. The maximum Gasteiger partial charge on any atom is 0.152 e. The first-order chi connectivity index (χ1) is 5.88. The van der Waals surface area contributed by atoms with Crippen molar-refractivity contribution in [2.75, 3.05) is 5.75 Å². The molecule has 0 amide bonds. The Hall–Kier alpha value is -1.09. The zero-order chi connectivity index (χ0) is 8.81. The second-order valence-electron chi connectivity index (χ2n) is 2.18. The third-order valence-corrected chi connectivity index (χ3v) is 1.59. The molecule has 0 fully saturated rings. The molecule has 0 bridgehead atoms. The molecule has 0 unspecified atom stereocenters. The van der Waals surface area contributed by atoms with Crippen molar-refractivity contribution in [3.8, 4) is 0 Å². The molecule has 1 rings (SSSR count). The Morgan fingerprint density at radius 2 is 2.42 bits per heavy atom. The SMILES string of the molecule is O=Cc1cccnc1C=CCS. The Morgan fingerprint density at radius 1 is 1.58 bits per heavy atom. The summed E-state index contributed by atoms with van der Waals surface area (Å²) in [5, 5.41) is 0. The minimum absolute atomic E-state index is 0.607. The highest BCUT2D eigenvalue weighted by atomic mass is 32.1. The normalized spacial score (nSPS) is 10.4. The molecule has 0 aliphatic rings. The van der Waals surface area contributed by atoms with Crippen LogP contribution in [0.2, 0.25) is 0 Å². The summed E-state index contributed by atoms with van der Waals surface area (Å²) in [7, 11) is 0. The number of nitrogens with zero attached hydrogens (tertiary/aromatic N) is 1. The van der Waals surface area contributed by atoms with E-state index in [0.29, 0.717) is 17.0 Å². The third-order valence-electron chi connectivity index (χ3n) is 1.38. The van der Waals surface area contributed by atoms with E-state index < -0.39 is 0 Å². The largest absolute Gasteiger partial charge is 0.298 e. The fourth-order valence-corrected chi connectivity index (χ4v) is 0.939. The van der Waals surface area contributed by atoms with E-state index in [1.807, 2.05) is 6.08 Å². The maximum absolute atomic E-state index is 10.5. The second kappa shape index (κ2) is 4.72. The number of rotatable bonds is 3. The number of aromatic nitrogens is 1. The Balaban J connectivity index is 2.96. The average molecular weight is 179 g/mol. The number of hydrogen-bond acceptors (Lipinski definition) is 3. The molecule has 1 aromatic heterocycles. The first-order valence-corrected chi connectivity index (χ1v) is 4.19. The molecule has 12 heavy (non-hydrogen) atoms. The van der Waals surface area contributed by atoms with E-state index in [0.717, 1.165) is 6.29 Å². The molecule has 0 aromatic carbocycles.